The number of aryl methyl sites for hydroxylation is 1. The quantitative estimate of drug-likeness (QED) is 0.880. The molecule has 0 atom stereocenters. The van der Waals surface area contributed by atoms with Gasteiger partial charge in [0.1, 0.15) is 5.82 Å². The normalized spacial score (nSPS) is 10.0. The van der Waals surface area contributed by atoms with E-state index in [9.17, 15) is 14.0 Å². The first-order chi connectivity index (χ1) is 10.1. The summed E-state index contributed by atoms with van der Waals surface area (Å²) in [5.41, 5.74) is 1.16. The van der Waals surface area contributed by atoms with Crippen molar-refractivity contribution in [3.05, 3.63) is 65.5 Å². The topological polar surface area (TPSA) is 55.4 Å². The number of benzene rings is 2. The summed E-state index contributed by atoms with van der Waals surface area (Å²) in [6, 6.07) is 12.8. The van der Waals surface area contributed by atoms with Crippen LogP contribution in [0.3, 0.4) is 0 Å². The average Bonchev–Trinajstić information content (AvgIpc) is 2.48. The van der Waals surface area contributed by atoms with E-state index in [4.69, 9.17) is 4.74 Å². The van der Waals surface area contributed by atoms with Crippen LogP contribution in [-0.4, -0.2) is 18.5 Å². The van der Waals surface area contributed by atoms with Crippen molar-refractivity contribution in [3.8, 4) is 0 Å². The number of carbonyl (C=O) groups excluding carboxylic acids is 2. The Labute approximate surface area is 121 Å². The van der Waals surface area contributed by atoms with Crippen LogP contribution in [0.4, 0.5) is 10.1 Å². The van der Waals surface area contributed by atoms with Crippen LogP contribution in [-0.2, 0) is 9.53 Å². The Balaban J connectivity index is 1.89. The Hall–Kier alpha value is -2.69. The van der Waals surface area contributed by atoms with Crippen LogP contribution in [0.2, 0.25) is 0 Å². The molecule has 1 amide bonds. The molecule has 0 aromatic heterocycles. The highest BCUT2D eigenvalue weighted by atomic mass is 19.1. The molecule has 2 aromatic rings. The fraction of sp³-hybridized carbons (Fsp3) is 0.125. The van der Waals surface area contributed by atoms with E-state index in [1.165, 1.54) is 12.1 Å². The molecular weight excluding hydrogens is 273 g/mol. The number of amides is 1. The Bertz CT molecular complexity index is 656. The minimum Gasteiger partial charge on any atom is -0.452 e. The number of anilines is 1. The standard InChI is InChI=1S/C16H14FNO3/c1-11-7-8-14(13(17)9-11)18-15(19)10-21-16(20)12-5-3-2-4-6-12/h2-9H,10H2,1H3,(H,18,19). The molecule has 0 spiro atoms. The highest BCUT2D eigenvalue weighted by molar-refractivity contribution is 5.95. The van der Waals surface area contributed by atoms with E-state index in [-0.39, 0.29) is 5.69 Å². The van der Waals surface area contributed by atoms with Gasteiger partial charge in [-0.25, -0.2) is 9.18 Å². The monoisotopic (exact) mass is 287 g/mol. The SMILES string of the molecule is Cc1ccc(NC(=O)COC(=O)c2ccccc2)c(F)c1. The van der Waals surface area contributed by atoms with Crippen LogP contribution in [0.25, 0.3) is 0 Å². The van der Waals surface area contributed by atoms with Gasteiger partial charge in [-0.1, -0.05) is 24.3 Å². The summed E-state index contributed by atoms with van der Waals surface area (Å²) in [6.45, 7) is 1.28. The predicted octanol–water partition coefficient (Wildman–Crippen LogP) is 2.93. The van der Waals surface area contributed by atoms with Gasteiger partial charge in [0.15, 0.2) is 6.61 Å². The zero-order valence-corrected chi connectivity index (χ0v) is 11.4. The van der Waals surface area contributed by atoms with Gasteiger partial charge in [0.05, 0.1) is 11.3 Å². The number of nitrogens with one attached hydrogen (secondary N) is 1. The predicted molar refractivity (Wildman–Crippen MR) is 76.5 cm³/mol. The Morgan fingerprint density at radius 3 is 2.52 bits per heavy atom. The highest BCUT2D eigenvalue weighted by Gasteiger charge is 2.11. The average molecular weight is 287 g/mol. The van der Waals surface area contributed by atoms with Crippen LogP contribution < -0.4 is 5.32 Å². The van der Waals surface area contributed by atoms with Gasteiger partial charge in [-0.05, 0) is 36.8 Å². The van der Waals surface area contributed by atoms with Crippen LogP contribution in [0.15, 0.2) is 48.5 Å². The Morgan fingerprint density at radius 1 is 1.14 bits per heavy atom. The molecule has 0 aliphatic rings. The molecule has 108 valence electrons. The van der Waals surface area contributed by atoms with E-state index in [0.29, 0.717) is 5.56 Å². The van der Waals surface area contributed by atoms with Crippen molar-refractivity contribution in [1.82, 2.24) is 0 Å². The molecule has 0 heterocycles. The summed E-state index contributed by atoms with van der Waals surface area (Å²) in [5, 5.41) is 2.35. The second-order valence-corrected chi connectivity index (χ2v) is 4.47. The van der Waals surface area contributed by atoms with E-state index in [0.717, 1.165) is 5.56 Å². The van der Waals surface area contributed by atoms with Gasteiger partial charge in [0.2, 0.25) is 0 Å². The Kier molecular flexibility index (Phi) is 4.66. The maximum atomic E-state index is 13.6. The van der Waals surface area contributed by atoms with Crippen LogP contribution in [0.5, 0.6) is 0 Å². The molecule has 0 aliphatic carbocycles. The second kappa shape index (κ2) is 6.65. The third-order valence-electron chi connectivity index (χ3n) is 2.74. The molecule has 0 unspecified atom stereocenters. The third kappa shape index (κ3) is 4.14. The molecule has 2 aromatic carbocycles. The van der Waals surface area contributed by atoms with Gasteiger partial charge in [-0.15, -0.1) is 0 Å². The van der Waals surface area contributed by atoms with Crippen molar-refractivity contribution < 1.29 is 18.7 Å². The van der Waals surface area contributed by atoms with Gasteiger partial charge in [0, 0.05) is 0 Å². The molecule has 0 bridgehead atoms. The van der Waals surface area contributed by atoms with E-state index < -0.39 is 24.3 Å². The Morgan fingerprint density at radius 2 is 1.86 bits per heavy atom. The minimum atomic E-state index is -0.602. The van der Waals surface area contributed by atoms with Crippen molar-refractivity contribution in [2.75, 3.05) is 11.9 Å². The molecule has 0 radical (unpaired) electrons. The lowest BCUT2D eigenvalue weighted by atomic mass is 10.2. The first-order valence-corrected chi connectivity index (χ1v) is 6.34. The number of hydrogen-bond donors (Lipinski definition) is 1. The summed E-state index contributed by atoms with van der Waals surface area (Å²) in [6.07, 6.45) is 0. The number of carbonyl (C=O) groups is 2. The van der Waals surface area contributed by atoms with E-state index in [1.807, 2.05) is 0 Å². The molecule has 0 fully saturated rings. The van der Waals surface area contributed by atoms with Crippen LogP contribution in [0, 0.1) is 12.7 Å². The van der Waals surface area contributed by atoms with Crippen LogP contribution >= 0.6 is 0 Å². The summed E-state index contributed by atoms with van der Waals surface area (Å²) in [7, 11) is 0. The number of hydrogen-bond acceptors (Lipinski definition) is 3. The van der Waals surface area contributed by atoms with E-state index in [2.05, 4.69) is 5.32 Å². The molecule has 5 heteroatoms. The fourth-order valence-electron chi connectivity index (χ4n) is 1.70. The zero-order valence-electron chi connectivity index (χ0n) is 11.4. The second-order valence-electron chi connectivity index (χ2n) is 4.47. The molecule has 0 aliphatic heterocycles. The molecule has 1 N–H and O–H groups in total. The first kappa shape index (κ1) is 14.7. The van der Waals surface area contributed by atoms with Crippen molar-refractivity contribution in [2.24, 2.45) is 0 Å². The molecule has 2 rings (SSSR count). The fourth-order valence-corrected chi connectivity index (χ4v) is 1.70. The molecule has 0 saturated heterocycles. The summed E-state index contributed by atoms with van der Waals surface area (Å²) < 4.78 is 18.4. The largest absolute Gasteiger partial charge is 0.452 e. The molecule has 21 heavy (non-hydrogen) atoms. The number of halogens is 1. The first-order valence-electron chi connectivity index (χ1n) is 6.34. The molecule has 0 saturated carbocycles. The van der Waals surface area contributed by atoms with Gasteiger partial charge >= 0.3 is 5.97 Å². The summed E-state index contributed by atoms with van der Waals surface area (Å²) in [5.74, 6) is -1.73. The molecular formula is C16H14FNO3. The third-order valence-corrected chi connectivity index (χ3v) is 2.74. The maximum absolute atomic E-state index is 13.6. The lowest BCUT2D eigenvalue weighted by Gasteiger charge is -2.08. The van der Waals surface area contributed by atoms with Gasteiger partial charge < -0.3 is 10.1 Å². The summed E-state index contributed by atoms with van der Waals surface area (Å²) in [4.78, 5) is 23.3. The lowest BCUT2D eigenvalue weighted by molar-refractivity contribution is -0.119. The van der Waals surface area contributed by atoms with Gasteiger partial charge in [-0.3, -0.25) is 4.79 Å². The smallest absolute Gasteiger partial charge is 0.338 e. The van der Waals surface area contributed by atoms with Crippen molar-refractivity contribution in [2.45, 2.75) is 6.92 Å². The highest BCUT2D eigenvalue weighted by Crippen LogP contribution is 2.15. The van der Waals surface area contributed by atoms with E-state index in [1.54, 1.807) is 43.3 Å². The van der Waals surface area contributed by atoms with Gasteiger partial charge in [0.25, 0.3) is 5.91 Å². The summed E-state index contributed by atoms with van der Waals surface area (Å²) >= 11 is 0. The van der Waals surface area contributed by atoms with E-state index >= 15 is 0 Å². The number of esters is 1. The van der Waals surface area contributed by atoms with Crippen molar-refractivity contribution in [1.29, 1.82) is 0 Å². The maximum Gasteiger partial charge on any atom is 0.338 e. The minimum absolute atomic E-state index is 0.0568. The lowest BCUT2D eigenvalue weighted by Crippen LogP contribution is -2.21. The zero-order chi connectivity index (χ0) is 15.2. The molecule has 4 nitrogen and oxygen atoms in total. The van der Waals surface area contributed by atoms with Crippen molar-refractivity contribution >= 4 is 17.6 Å². The number of rotatable bonds is 4. The van der Waals surface area contributed by atoms with Gasteiger partial charge in [-0.2, -0.15) is 0 Å². The van der Waals surface area contributed by atoms with Crippen LogP contribution in [0.1, 0.15) is 15.9 Å². The number of ether oxygens (including phenoxy) is 1. The van der Waals surface area contributed by atoms with Crippen molar-refractivity contribution in [3.63, 3.8) is 0 Å².